The van der Waals surface area contributed by atoms with Gasteiger partial charge in [-0.15, -0.1) is 0 Å². The van der Waals surface area contributed by atoms with Crippen LogP contribution < -0.4 is 15.5 Å². The summed E-state index contributed by atoms with van der Waals surface area (Å²) in [6.45, 7) is 0. The minimum atomic E-state index is -0.323. The van der Waals surface area contributed by atoms with Crippen molar-refractivity contribution < 1.29 is 14.3 Å². The van der Waals surface area contributed by atoms with Gasteiger partial charge in [-0.3, -0.25) is 9.59 Å². The number of nitrogens with one attached hydrogen (secondary N) is 2. The summed E-state index contributed by atoms with van der Waals surface area (Å²) in [4.78, 5) is 23.5. The van der Waals surface area contributed by atoms with Gasteiger partial charge >= 0.3 is 0 Å². The number of nitrogens with zero attached hydrogens (tertiary/aromatic N) is 1. The molecular weight excluding hydrogens is 386 g/mol. The van der Waals surface area contributed by atoms with E-state index in [0.717, 1.165) is 15.8 Å². The number of hydrazone groups is 1. The van der Waals surface area contributed by atoms with Crippen LogP contribution in [-0.2, 0) is 9.59 Å². The van der Waals surface area contributed by atoms with Gasteiger partial charge in [-0.25, -0.2) is 5.43 Å². The average molecular weight is 404 g/mol. The molecule has 2 N–H and O–H groups in total. The van der Waals surface area contributed by atoms with E-state index < -0.39 is 0 Å². The molecule has 0 saturated heterocycles. The molecule has 0 unspecified atom stereocenters. The Kier molecular flexibility index (Phi) is 7.16. The van der Waals surface area contributed by atoms with E-state index in [9.17, 15) is 9.59 Å². The summed E-state index contributed by atoms with van der Waals surface area (Å²) in [5.74, 6) is 0.199. The van der Waals surface area contributed by atoms with E-state index in [1.807, 2.05) is 24.3 Å². The Hall–Kier alpha value is -2.67. The minimum absolute atomic E-state index is 0.0579. The van der Waals surface area contributed by atoms with Crippen LogP contribution in [0.4, 0.5) is 5.69 Å². The third kappa shape index (κ3) is 6.76. The van der Waals surface area contributed by atoms with Crippen molar-refractivity contribution >= 4 is 39.6 Å². The van der Waals surface area contributed by atoms with Gasteiger partial charge in [-0.2, -0.15) is 5.10 Å². The van der Waals surface area contributed by atoms with Gasteiger partial charge in [0.15, 0.2) is 0 Å². The fourth-order valence-electron chi connectivity index (χ4n) is 1.91. The van der Waals surface area contributed by atoms with E-state index >= 15 is 0 Å². The summed E-state index contributed by atoms with van der Waals surface area (Å²) in [5.41, 5.74) is 3.91. The lowest BCUT2D eigenvalue weighted by Crippen LogP contribution is -2.20. The predicted octanol–water partition coefficient (Wildman–Crippen LogP) is 3.33. The molecule has 0 saturated carbocycles. The Bertz CT molecular complexity index is 743. The first-order chi connectivity index (χ1) is 12.1. The van der Waals surface area contributed by atoms with Gasteiger partial charge in [0.25, 0.3) is 0 Å². The second-order valence-electron chi connectivity index (χ2n) is 5.12. The van der Waals surface area contributed by atoms with Crippen molar-refractivity contribution in [2.75, 3.05) is 12.4 Å². The van der Waals surface area contributed by atoms with Gasteiger partial charge < -0.3 is 10.1 Å². The lowest BCUT2D eigenvalue weighted by molar-refractivity contribution is -0.124. The van der Waals surface area contributed by atoms with Crippen LogP contribution in [-0.4, -0.2) is 25.1 Å². The van der Waals surface area contributed by atoms with E-state index in [1.54, 1.807) is 31.4 Å². The second kappa shape index (κ2) is 9.58. The molecule has 0 aromatic heterocycles. The van der Waals surface area contributed by atoms with Crippen molar-refractivity contribution in [2.24, 2.45) is 5.10 Å². The normalized spacial score (nSPS) is 10.5. The minimum Gasteiger partial charge on any atom is -0.497 e. The monoisotopic (exact) mass is 403 g/mol. The lowest BCUT2D eigenvalue weighted by Gasteiger charge is -2.05. The molecular formula is C18H18BrN3O3. The van der Waals surface area contributed by atoms with Crippen molar-refractivity contribution in [1.82, 2.24) is 5.43 Å². The lowest BCUT2D eigenvalue weighted by atomic mass is 10.2. The van der Waals surface area contributed by atoms with Gasteiger partial charge in [0.05, 0.1) is 13.3 Å². The Balaban J connectivity index is 1.71. The van der Waals surface area contributed by atoms with Crippen molar-refractivity contribution in [1.29, 1.82) is 0 Å². The molecule has 2 aromatic carbocycles. The fraction of sp³-hybridized carbons (Fsp3) is 0.167. The molecule has 0 bridgehead atoms. The SMILES string of the molecule is COc1ccc(/C=N/NC(=O)CCC(=O)Nc2ccc(Br)cc2)cc1. The second-order valence-corrected chi connectivity index (χ2v) is 6.04. The molecule has 0 heterocycles. The van der Waals surface area contributed by atoms with Gasteiger partial charge in [-0.1, -0.05) is 15.9 Å². The Labute approximate surface area is 154 Å². The highest BCUT2D eigenvalue weighted by atomic mass is 79.9. The molecule has 0 aliphatic carbocycles. The number of carbonyl (C=O) groups is 2. The smallest absolute Gasteiger partial charge is 0.240 e. The number of ether oxygens (including phenoxy) is 1. The maximum Gasteiger partial charge on any atom is 0.240 e. The first-order valence-electron chi connectivity index (χ1n) is 7.58. The number of anilines is 1. The quantitative estimate of drug-likeness (QED) is 0.549. The van der Waals surface area contributed by atoms with Gasteiger partial charge in [0.1, 0.15) is 5.75 Å². The zero-order valence-electron chi connectivity index (χ0n) is 13.7. The van der Waals surface area contributed by atoms with Crippen LogP contribution in [0.1, 0.15) is 18.4 Å². The number of hydrogen-bond acceptors (Lipinski definition) is 4. The van der Waals surface area contributed by atoms with E-state index in [0.29, 0.717) is 5.69 Å². The van der Waals surface area contributed by atoms with Crippen LogP contribution in [0, 0.1) is 0 Å². The highest BCUT2D eigenvalue weighted by Crippen LogP contribution is 2.14. The molecule has 7 heteroatoms. The molecule has 0 radical (unpaired) electrons. The Morgan fingerprint density at radius 1 is 1.04 bits per heavy atom. The molecule has 0 aliphatic rings. The number of benzene rings is 2. The zero-order chi connectivity index (χ0) is 18.1. The van der Waals surface area contributed by atoms with Crippen molar-refractivity contribution in [3.05, 3.63) is 58.6 Å². The van der Waals surface area contributed by atoms with Crippen LogP contribution in [0.15, 0.2) is 58.1 Å². The zero-order valence-corrected chi connectivity index (χ0v) is 15.2. The van der Waals surface area contributed by atoms with Crippen LogP contribution in [0.3, 0.4) is 0 Å². The third-order valence-electron chi connectivity index (χ3n) is 3.23. The van der Waals surface area contributed by atoms with E-state index in [1.165, 1.54) is 6.21 Å². The van der Waals surface area contributed by atoms with Gasteiger partial charge in [0.2, 0.25) is 11.8 Å². The first-order valence-corrected chi connectivity index (χ1v) is 8.37. The fourth-order valence-corrected chi connectivity index (χ4v) is 2.17. The molecule has 2 rings (SSSR count). The van der Waals surface area contributed by atoms with Crippen molar-refractivity contribution in [3.8, 4) is 5.75 Å². The van der Waals surface area contributed by atoms with Crippen LogP contribution in [0.25, 0.3) is 0 Å². The van der Waals surface area contributed by atoms with E-state index in [4.69, 9.17) is 4.74 Å². The number of rotatable bonds is 7. The highest BCUT2D eigenvalue weighted by Gasteiger charge is 2.06. The molecule has 0 spiro atoms. The number of hydrogen-bond donors (Lipinski definition) is 2. The Morgan fingerprint density at radius 2 is 1.68 bits per heavy atom. The standard InChI is InChI=1S/C18H18BrN3O3/c1-25-16-8-2-13(3-9-16)12-20-22-18(24)11-10-17(23)21-15-6-4-14(19)5-7-15/h2-9,12H,10-11H2,1H3,(H,21,23)(H,22,24)/b20-12+. The number of halogens is 1. The molecule has 130 valence electrons. The summed E-state index contributed by atoms with van der Waals surface area (Å²) >= 11 is 3.32. The highest BCUT2D eigenvalue weighted by molar-refractivity contribution is 9.10. The summed E-state index contributed by atoms with van der Waals surface area (Å²) in [6, 6.07) is 14.5. The van der Waals surface area contributed by atoms with Crippen molar-refractivity contribution in [2.45, 2.75) is 12.8 Å². The van der Waals surface area contributed by atoms with Crippen LogP contribution >= 0.6 is 15.9 Å². The average Bonchev–Trinajstić information content (AvgIpc) is 2.62. The maximum absolute atomic E-state index is 11.8. The molecule has 25 heavy (non-hydrogen) atoms. The molecule has 0 atom stereocenters. The number of carbonyl (C=O) groups excluding carboxylic acids is 2. The molecule has 0 fully saturated rings. The summed E-state index contributed by atoms with van der Waals surface area (Å²) in [7, 11) is 1.59. The van der Waals surface area contributed by atoms with Crippen LogP contribution in [0.2, 0.25) is 0 Å². The van der Waals surface area contributed by atoms with Gasteiger partial charge in [0, 0.05) is 23.0 Å². The first kappa shape index (κ1) is 18.7. The van der Waals surface area contributed by atoms with Crippen molar-refractivity contribution in [3.63, 3.8) is 0 Å². The molecule has 6 nitrogen and oxygen atoms in total. The largest absolute Gasteiger partial charge is 0.497 e. The van der Waals surface area contributed by atoms with E-state index in [2.05, 4.69) is 31.8 Å². The summed E-state index contributed by atoms with van der Waals surface area (Å²) in [5, 5.41) is 6.59. The number of methoxy groups -OCH3 is 1. The summed E-state index contributed by atoms with van der Waals surface area (Å²) in [6.07, 6.45) is 1.67. The maximum atomic E-state index is 11.8. The molecule has 2 amide bonds. The van der Waals surface area contributed by atoms with Gasteiger partial charge in [-0.05, 0) is 54.1 Å². The molecule has 0 aliphatic heterocycles. The topological polar surface area (TPSA) is 79.8 Å². The third-order valence-corrected chi connectivity index (χ3v) is 3.75. The number of amides is 2. The molecule has 2 aromatic rings. The Morgan fingerprint density at radius 3 is 2.32 bits per heavy atom. The van der Waals surface area contributed by atoms with E-state index in [-0.39, 0.29) is 24.7 Å². The summed E-state index contributed by atoms with van der Waals surface area (Å²) < 4.78 is 5.99. The predicted molar refractivity (Wildman–Crippen MR) is 101 cm³/mol. The van der Waals surface area contributed by atoms with Crippen LogP contribution in [0.5, 0.6) is 5.75 Å².